The van der Waals surface area contributed by atoms with Gasteiger partial charge in [0.1, 0.15) is 6.04 Å². The first-order valence-electron chi connectivity index (χ1n) is 13.3. The van der Waals surface area contributed by atoms with Gasteiger partial charge in [0.15, 0.2) is 0 Å². The summed E-state index contributed by atoms with van der Waals surface area (Å²) in [5, 5.41) is 0. The summed E-state index contributed by atoms with van der Waals surface area (Å²) in [7, 11) is 0. The minimum atomic E-state index is -0.458. The second kappa shape index (κ2) is 19.4. The summed E-state index contributed by atoms with van der Waals surface area (Å²) >= 11 is 0. The van der Waals surface area contributed by atoms with Crippen molar-refractivity contribution in [1.29, 1.82) is 0 Å². The van der Waals surface area contributed by atoms with Crippen LogP contribution in [0.15, 0.2) is 0 Å². The van der Waals surface area contributed by atoms with E-state index in [0.29, 0.717) is 26.2 Å². The Kier molecular flexibility index (Phi) is 17.4. The van der Waals surface area contributed by atoms with Gasteiger partial charge in [-0.2, -0.15) is 0 Å². The molecule has 0 radical (unpaired) electrons. The third kappa shape index (κ3) is 13.7. The number of likely N-dealkylation sites (tertiary alicyclic amines) is 1. The molecule has 1 fully saturated rings. The van der Waals surface area contributed by atoms with Crippen LogP contribution in [0.2, 0.25) is 0 Å². The molecule has 1 rings (SSSR count). The van der Waals surface area contributed by atoms with E-state index in [0.717, 1.165) is 32.1 Å². The van der Waals surface area contributed by atoms with E-state index >= 15 is 0 Å². The van der Waals surface area contributed by atoms with Crippen LogP contribution in [0.25, 0.3) is 0 Å². The van der Waals surface area contributed by atoms with Crippen LogP contribution in [0.3, 0.4) is 0 Å². The minimum Gasteiger partial charge on any atom is -0.464 e. The van der Waals surface area contributed by atoms with E-state index in [1.807, 2.05) is 0 Å². The highest BCUT2D eigenvalue weighted by Crippen LogP contribution is 2.20. The van der Waals surface area contributed by atoms with Crippen LogP contribution in [-0.2, 0) is 14.3 Å². The first-order chi connectivity index (χ1) is 15.2. The largest absolute Gasteiger partial charge is 0.464 e. The fraction of sp³-hybridized carbons (Fsp3) is 0.923. The van der Waals surface area contributed by atoms with Crippen molar-refractivity contribution in [2.75, 3.05) is 19.8 Å². The topological polar surface area (TPSA) is 55.8 Å². The smallest absolute Gasteiger partial charge is 0.410 e. The predicted molar refractivity (Wildman–Crippen MR) is 127 cm³/mol. The summed E-state index contributed by atoms with van der Waals surface area (Å²) in [5.74, 6) is -0.264. The van der Waals surface area contributed by atoms with E-state index in [1.54, 1.807) is 4.90 Å². The first-order valence-corrected chi connectivity index (χ1v) is 13.3. The maximum atomic E-state index is 12.4. The Hall–Kier alpha value is -1.26. The Bertz CT molecular complexity index is 455. The van der Waals surface area contributed by atoms with Crippen molar-refractivity contribution in [2.24, 2.45) is 0 Å². The lowest BCUT2D eigenvalue weighted by Gasteiger charge is -2.22. The Morgan fingerprint density at radius 3 is 1.71 bits per heavy atom. The predicted octanol–water partition coefficient (Wildman–Crippen LogP) is 7.41. The molecule has 0 aromatic rings. The summed E-state index contributed by atoms with van der Waals surface area (Å²) in [6.45, 7) is 5.80. The molecule has 1 aliphatic heterocycles. The number of ether oxygens (including phenoxy) is 2. The lowest BCUT2D eigenvalue weighted by molar-refractivity contribution is -0.148. The molecular formula is C26H49NO4. The zero-order chi connectivity index (χ0) is 22.6. The fourth-order valence-corrected chi connectivity index (χ4v) is 4.18. The molecule has 182 valence electrons. The van der Waals surface area contributed by atoms with Crippen molar-refractivity contribution in [3.05, 3.63) is 0 Å². The van der Waals surface area contributed by atoms with Crippen molar-refractivity contribution >= 4 is 12.1 Å². The number of carbonyl (C=O) groups excluding carboxylic acids is 2. The first kappa shape index (κ1) is 27.8. The molecule has 0 saturated carbocycles. The van der Waals surface area contributed by atoms with Crippen molar-refractivity contribution in [3.8, 4) is 0 Å². The zero-order valence-corrected chi connectivity index (χ0v) is 20.5. The second-order valence-corrected chi connectivity index (χ2v) is 9.08. The second-order valence-electron chi connectivity index (χ2n) is 9.08. The third-order valence-electron chi connectivity index (χ3n) is 6.23. The molecule has 0 bridgehead atoms. The van der Waals surface area contributed by atoms with Gasteiger partial charge in [0.25, 0.3) is 0 Å². The van der Waals surface area contributed by atoms with Crippen LogP contribution in [0.4, 0.5) is 4.79 Å². The van der Waals surface area contributed by atoms with Crippen LogP contribution in [0.5, 0.6) is 0 Å². The molecule has 0 unspecified atom stereocenters. The number of amides is 1. The van der Waals surface area contributed by atoms with Gasteiger partial charge in [-0.15, -0.1) is 0 Å². The molecule has 1 heterocycles. The molecule has 1 atom stereocenters. The van der Waals surface area contributed by atoms with Gasteiger partial charge in [-0.05, 0) is 25.7 Å². The molecular weight excluding hydrogens is 390 g/mol. The van der Waals surface area contributed by atoms with Crippen LogP contribution in [0, 0.1) is 0 Å². The number of rotatable bonds is 19. The number of carbonyl (C=O) groups is 2. The monoisotopic (exact) mass is 439 g/mol. The molecule has 1 saturated heterocycles. The highest BCUT2D eigenvalue weighted by Gasteiger charge is 2.36. The highest BCUT2D eigenvalue weighted by molar-refractivity contribution is 5.82. The summed E-state index contributed by atoms with van der Waals surface area (Å²) in [6.07, 6.45) is 21.3. The Balaban J connectivity index is 1.94. The van der Waals surface area contributed by atoms with E-state index < -0.39 is 6.04 Å². The van der Waals surface area contributed by atoms with E-state index in [9.17, 15) is 9.59 Å². The molecule has 0 aromatic heterocycles. The van der Waals surface area contributed by atoms with Crippen molar-refractivity contribution in [1.82, 2.24) is 4.90 Å². The molecule has 0 spiro atoms. The van der Waals surface area contributed by atoms with Crippen LogP contribution < -0.4 is 0 Å². The third-order valence-corrected chi connectivity index (χ3v) is 6.23. The Labute approximate surface area is 191 Å². The maximum Gasteiger partial charge on any atom is 0.410 e. The van der Waals surface area contributed by atoms with Crippen molar-refractivity contribution in [3.63, 3.8) is 0 Å². The van der Waals surface area contributed by atoms with Gasteiger partial charge in [0.2, 0.25) is 0 Å². The summed E-state index contributed by atoms with van der Waals surface area (Å²) < 4.78 is 10.7. The van der Waals surface area contributed by atoms with Gasteiger partial charge in [0, 0.05) is 6.54 Å². The quantitative estimate of drug-likeness (QED) is 0.155. The van der Waals surface area contributed by atoms with Crippen molar-refractivity contribution < 1.29 is 19.1 Å². The van der Waals surface area contributed by atoms with Gasteiger partial charge in [0.05, 0.1) is 13.2 Å². The summed E-state index contributed by atoms with van der Waals surface area (Å²) in [5.41, 5.74) is 0. The average Bonchev–Trinajstić information content (AvgIpc) is 3.26. The van der Waals surface area contributed by atoms with Gasteiger partial charge < -0.3 is 9.47 Å². The van der Waals surface area contributed by atoms with Gasteiger partial charge >= 0.3 is 12.1 Å². The van der Waals surface area contributed by atoms with Crippen LogP contribution in [0.1, 0.15) is 129 Å². The number of unbranched alkanes of at least 4 members (excludes halogenated alkanes) is 14. The van der Waals surface area contributed by atoms with Crippen molar-refractivity contribution in [2.45, 2.75) is 135 Å². The Morgan fingerprint density at radius 1 is 0.677 bits per heavy atom. The van der Waals surface area contributed by atoms with E-state index in [1.165, 1.54) is 77.0 Å². The Morgan fingerprint density at radius 2 is 1.16 bits per heavy atom. The standard InChI is InChI=1S/C26H49NO4/c1-3-5-7-8-9-10-11-12-13-14-15-16-17-18-23-30-25(28)24-20-19-21-27(24)26(29)31-22-6-4-2/h24H,3-23H2,1-2H3/t24-/m0/s1. The van der Waals surface area contributed by atoms with Gasteiger partial charge in [-0.1, -0.05) is 104 Å². The number of nitrogens with zero attached hydrogens (tertiary/aromatic N) is 1. The molecule has 31 heavy (non-hydrogen) atoms. The fourth-order valence-electron chi connectivity index (χ4n) is 4.18. The zero-order valence-electron chi connectivity index (χ0n) is 20.5. The molecule has 0 aliphatic carbocycles. The highest BCUT2D eigenvalue weighted by atomic mass is 16.6. The SMILES string of the molecule is CCCCCCCCCCCCCCCCOC(=O)[C@@H]1CCCN1C(=O)OCCCC. The van der Waals surface area contributed by atoms with E-state index in [4.69, 9.17) is 9.47 Å². The lowest BCUT2D eigenvalue weighted by Crippen LogP contribution is -2.41. The van der Waals surface area contributed by atoms with Crippen LogP contribution >= 0.6 is 0 Å². The average molecular weight is 440 g/mol. The van der Waals surface area contributed by atoms with Gasteiger partial charge in [-0.3, -0.25) is 4.90 Å². The molecule has 5 heteroatoms. The minimum absolute atomic E-state index is 0.264. The molecule has 1 amide bonds. The summed E-state index contributed by atoms with van der Waals surface area (Å²) in [6, 6.07) is -0.458. The number of esters is 1. The van der Waals surface area contributed by atoms with Crippen LogP contribution in [-0.4, -0.2) is 42.8 Å². The molecule has 1 aliphatic rings. The molecule has 0 N–H and O–H groups in total. The molecule has 5 nitrogen and oxygen atoms in total. The number of hydrogen-bond donors (Lipinski definition) is 0. The maximum absolute atomic E-state index is 12.4. The lowest BCUT2D eigenvalue weighted by atomic mass is 10.0. The van der Waals surface area contributed by atoms with Gasteiger partial charge in [-0.25, -0.2) is 9.59 Å². The number of hydrogen-bond acceptors (Lipinski definition) is 4. The normalized spacial score (nSPS) is 15.9. The summed E-state index contributed by atoms with van der Waals surface area (Å²) in [4.78, 5) is 26.0. The van der Waals surface area contributed by atoms with E-state index in [-0.39, 0.29) is 12.1 Å². The molecule has 0 aromatic carbocycles. The van der Waals surface area contributed by atoms with E-state index in [2.05, 4.69) is 13.8 Å².